The normalized spacial score (nSPS) is 25.4. The molecule has 1 atom stereocenters. The minimum Gasteiger partial charge on any atom is -0.411 e. The lowest BCUT2D eigenvalue weighted by molar-refractivity contribution is -0.113. The van der Waals surface area contributed by atoms with Gasteiger partial charge in [0.2, 0.25) is 0 Å². The Morgan fingerprint density at radius 2 is 1.76 bits per heavy atom. The maximum atomic E-state index is 11.7. The Kier molecular flexibility index (Phi) is 3.18. The van der Waals surface area contributed by atoms with Crippen molar-refractivity contribution in [3.8, 4) is 0 Å². The molecule has 1 saturated carbocycles. The first-order valence-electron chi connectivity index (χ1n) is 5.27. The van der Waals surface area contributed by atoms with Gasteiger partial charge in [0.1, 0.15) is 5.71 Å². The van der Waals surface area contributed by atoms with Crippen LogP contribution in [0.5, 0.6) is 0 Å². The van der Waals surface area contributed by atoms with Crippen molar-refractivity contribution in [3.05, 3.63) is 35.9 Å². The first-order chi connectivity index (χ1) is 8.26. The van der Waals surface area contributed by atoms with E-state index >= 15 is 0 Å². The van der Waals surface area contributed by atoms with Crippen LogP contribution in [0.4, 0.5) is 0 Å². The van der Waals surface area contributed by atoms with E-state index in [4.69, 9.17) is 10.4 Å². The van der Waals surface area contributed by atoms with Gasteiger partial charge < -0.3 is 10.4 Å². The summed E-state index contributed by atoms with van der Waals surface area (Å²) in [6, 6.07) is 9.54. The van der Waals surface area contributed by atoms with E-state index in [0.717, 1.165) is 5.56 Å². The molecule has 0 bridgehead atoms. The summed E-state index contributed by atoms with van der Waals surface area (Å²) < 4.78 is 0. The van der Waals surface area contributed by atoms with Gasteiger partial charge in [0.15, 0.2) is 11.5 Å². The van der Waals surface area contributed by atoms with Gasteiger partial charge in [-0.25, -0.2) is 0 Å². The second-order valence-electron chi connectivity index (χ2n) is 3.93. The monoisotopic (exact) mass is 232 g/mol. The standard InChI is InChI=1S/C12H12N2O3/c15-11-7-9(8-4-2-1-3-5-8)6-10(13-16)12(11)14-17/h1-5,9,16-17H,6-7H2/b13-10+,14-12+/t9-/m0/s1. The Balaban J connectivity index is 2.29. The molecule has 5 nitrogen and oxygen atoms in total. The van der Waals surface area contributed by atoms with Crippen molar-refractivity contribution in [2.75, 3.05) is 0 Å². The largest absolute Gasteiger partial charge is 0.411 e. The van der Waals surface area contributed by atoms with Gasteiger partial charge >= 0.3 is 0 Å². The summed E-state index contributed by atoms with van der Waals surface area (Å²) in [6.45, 7) is 0. The molecule has 0 unspecified atom stereocenters. The number of carbonyl (C=O) groups excluding carboxylic acids is 1. The zero-order valence-corrected chi connectivity index (χ0v) is 9.08. The number of oxime groups is 2. The van der Waals surface area contributed by atoms with Gasteiger partial charge in [-0.15, -0.1) is 0 Å². The second kappa shape index (κ2) is 4.78. The lowest BCUT2D eigenvalue weighted by Gasteiger charge is -2.22. The highest BCUT2D eigenvalue weighted by molar-refractivity contribution is 6.68. The van der Waals surface area contributed by atoms with E-state index in [1.54, 1.807) is 0 Å². The number of nitrogens with zero attached hydrogens (tertiary/aromatic N) is 2. The summed E-state index contributed by atoms with van der Waals surface area (Å²) in [5, 5.41) is 23.4. The van der Waals surface area contributed by atoms with Gasteiger partial charge in [-0.1, -0.05) is 40.6 Å². The Morgan fingerprint density at radius 3 is 2.35 bits per heavy atom. The van der Waals surface area contributed by atoms with E-state index in [1.807, 2.05) is 30.3 Å². The van der Waals surface area contributed by atoms with Gasteiger partial charge in [0.05, 0.1) is 0 Å². The van der Waals surface area contributed by atoms with Gasteiger partial charge in [-0.05, 0) is 11.5 Å². The number of rotatable bonds is 1. The third-order valence-corrected chi connectivity index (χ3v) is 2.90. The molecule has 2 rings (SSSR count). The van der Waals surface area contributed by atoms with Crippen LogP contribution in [0.15, 0.2) is 40.6 Å². The summed E-state index contributed by atoms with van der Waals surface area (Å²) in [5.74, 6) is -0.333. The number of hydrogen-bond donors (Lipinski definition) is 2. The van der Waals surface area contributed by atoms with E-state index in [-0.39, 0.29) is 29.5 Å². The Bertz CT molecular complexity index is 480. The minimum absolute atomic E-state index is 0.0277. The molecule has 0 spiro atoms. The minimum atomic E-state index is -0.305. The fourth-order valence-corrected chi connectivity index (χ4v) is 2.05. The summed E-state index contributed by atoms with van der Waals surface area (Å²) >= 11 is 0. The van der Waals surface area contributed by atoms with E-state index in [1.165, 1.54) is 0 Å². The lowest BCUT2D eigenvalue weighted by Crippen LogP contribution is -2.33. The maximum Gasteiger partial charge on any atom is 0.187 e. The molecule has 0 aromatic heterocycles. The molecule has 0 amide bonds. The number of hydrogen-bond acceptors (Lipinski definition) is 5. The molecule has 1 aromatic carbocycles. The highest BCUT2D eigenvalue weighted by Gasteiger charge is 2.32. The molecule has 0 radical (unpaired) electrons. The van der Waals surface area contributed by atoms with Crippen LogP contribution in [-0.2, 0) is 4.79 Å². The molecule has 1 aliphatic carbocycles. The quantitative estimate of drug-likeness (QED) is 0.572. The van der Waals surface area contributed by atoms with Crippen LogP contribution in [0, 0.1) is 0 Å². The first-order valence-corrected chi connectivity index (χ1v) is 5.27. The third kappa shape index (κ3) is 2.18. The molecule has 5 heteroatoms. The van der Waals surface area contributed by atoms with Crippen LogP contribution in [0.1, 0.15) is 24.3 Å². The number of Topliss-reactive ketones (excluding diaryl/α,β-unsaturated/α-hetero) is 1. The molecule has 17 heavy (non-hydrogen) atoms. The molecule has 1 fully saturated rings. The zero-order valence-electron chi connectivity index (χ0n) is 9.08. The highest BCUT2D eigenvalue weighted by atomic mass is 16.4. The van der Waals surface area contributed by atoms with E-state index in [9.17, 15) is 4.79 Å². The average Bonchev–Trinajstić information content (AvgIpc) is 2.38. The average molecular weight is 232 g/mol. The van der Waals surface area contributed by atoms with Crippen LogP contribution in [0.3, 0.4) is 0 Å². The molecule has 2 N–H and O–H groups in total. The first kappa shape index (κ1) is 11.3. The second-order valence-corrected chi connectivity index (χ2v) is 3.93. The topological polar surface area (TPSA) is 82.2 Å². The van der Waals surface area contributed by atoms with Gasteiger partial charge in [0, 0.05) is 12.8 Å². The van der Waals surface area contributed by atoms with Gasteiger partial charge in [-0.3, -0.25) is 4.79 Å². The van der Waals surface area contributed by atoms with Crippen LogP contribution in [0.2, 0.25) is 0 Å². The smallest absolute Gasteiger partial charge is 0.187 e. The molecule has 0 aliphatic heterocycles. The van der Waals surface area contributed by atoms with Crippen molar-refractivity contribution >= 4 is 17.2 Å². The summed E-state index contributed by atoms with van der Waals surface area (Å²) in [4.78, 5) is 11.7. The Hall–Kier alpha value is -2.17. The summed E-state index contributed by atoms with van der Waals surface area (Å²) in [7, 11) is 0. The third-order valence-electron chi connectivity index (χ3n) is 2.90. The van der Waals surface area contributed by atoms with Crippen molar-refractivity contribution in [1.82, 2.24) is 0 Å². The predicted octanol–water partition coefficient (Wildman–Crippen LogP) is 1.79. The number of benzene rings is 1. The maximum absolute atomic E-state index is 11.7. The molecule has 0 heterocycles. The van der Waals surface area contributed by atoms with E-state index in [2.05, 4.69) is 10.3 Å². The summed E-state index contributed by atoms with van der Waals surface area (Å²) in [6.07, 6.45) is 0.661. The molecule has 0 saturated heterocycles. The zero-order chi connectivity index (χ0) is 12.3. The van der Waals surface area contributed by atoms with Crippen LogP contribution < -0.4 is 0 Å². The fourth-order valence-electron chi connectivity index (χ4n) is 2.05. The van der Waals surface area contributed by atoms with Crippen LogP contribution in [-0.4, -0.2) is 27.6 Å². The molecule has 1 aromatic rings. The van der Waals surface area contributed by atoms with Crippen LogP contribution >= 0.6 is 0 Å². The summed E-state index contributed by atoms with van der Waals surface area (Å²) in [5.41, 5.74) is 1.01. The number of ketones is 1. The molecule has 1 aliphatic rings. The van der Waals surface area contributed by atoms with Crippen molar-refractivity contribution in [2.45, 2.75) is 18.8 Å². The fraction of sp³-hybridized carbons (Fsp3) is 0.250. The SMILES string of the molecule is O=C1C[C@@H](c2ccccc2)CC(=N\O)/C1=N\O. The lowest BCUT2D eigenvalue weighted by atomic mass is 9.81. The number of carbonyl (C=O) groups is 1. The van der Waals surface area contributed by atoms with Crippen LogP contribution in [0.25, 0.3) is 0 Å². The van der Waals surface area contributed by atoms with Crippen molar-refractivity contribution in [3.63, 3.8) is 0 Å². The Labute approximate surface area is 98.1 Å². The van der Waals surface area contributed by atoms with Crippen molar-refractivity contribution in [2.24, 2.45) is 10.3 Å². The van der Waals surface area contributed by atoms with E-state index < -0.39 is 0 Å². The molecule has 88 valence electrons. The molecular weight excluding hydrogens is 220 g/mol. The highest BCUT2D eigenvalue weighted by Crippen LogP contribution is 2.28. The van der Waals surface area contributed by atoms with Crippen molar-refractivity contribution in [1.29, 1.82) is 0 Å². The Morgan fingerprint density at radius 1 is 1.06 bits per heavy atom. The van der Waals surface area contributed by atoms with Crippen molar-refractivity contribution < 1.29 is 15.2 Å². The van der Waals surface area contributed by atoms with Gasteiger partial charge in [0.25, 0.3) is 0 Å². The predicted molar refractivity (Wildman–Crippen MR) is 61.9 cm³/mol. The van der Waals surface area contributed by atoms with E-state index in [0.29, 0.717) is 6.42 Å². The van der Waals surface area contributed by atoms with Gasteiger partial charge in [-0.2, -0.15) is 0 Å². The molecular formula is C12H12N2O3.